The van der Waals surface area contributed by atoms with Crippen LogP contribution in [0.4, 0.5) is 0 Å². The van der Waals surface area contributed by atoms with E-state index in [2.05, 4.69) is 0 Å². The molecule has 0 fully saturated rings. The highest BCUT2D eigenvalue weighted by molar-refractivity contribution is 6.05. The molecule has 120 valence electrons. The van der Waals surface area contributed by atoms with Gasteiger partial charge in [-0.3, -0.25) is 4.79 Å². The number of aromatic hydroxyl groups is 1. The molecule has 2 heterocycles. The number of hydrogen-bond donors (Lipinski definition) is 1. The summed E-state index contributed by atoms with van der Waals surface area (Å²) in [6.45, 7) is 0.229. The van der Waals surface area contributed by atoms with E-state index in [4.69, 9.17) is 9.15 Å². The molecule has 0 spiro atoms. The molecule has 4 rings (SSSR count). The number of ether oxygens (including phenoxy) is 1. The maximum absolute atomic E-state index is 11.6. The fourth-order valence-corrected chi connectivity index (χ4v) is 2.75. The summed E-state index contributed by atoms with van der Waals surface area (Å²) in [5.41, 5.74) is 1.91. The lowest BCUT2D eigenvalue weighted by atomic mass is 10.1. The third-order valence-electron chi connectivity index (χ3n) is 4.05. The number of furan rings is 1. The van der Waals surface area contributed by atoms with Crippen molar-refractivity contribution in [3.05, 3.63) is 70.6 Å². The highest BCUT2D eigenvalue weighted by Crippen LogP contribution is 2.31. The fraction of sp³-hybridized carbons (Fsp3) is 0.105. The molecular weight excluding hydrogens is 306 g/mol. The van der Waals surface area contributed by atoms with Gasteiger partial charge in [-0.15, -0.1) is 0 Å². The van der Waals surface area contributed by atoms with E-state index in [0.717, 1.165) is 21.9 Å². The topological polar surface area (TPSA) is 64.6 Å². The molecule has 0 unspecified atom stereocenters. The third kappa shape index (κ3) is 2.40. The first-order valence-electron chi connectivity index (χ1n) is 7.54. The normalized spacial score (nSPS) is 11.2. The molecule has 2 aromatic heterocycles. The second-order valence-corrected chi connectivity index (χ2v) is 5.67. The summed E-state index contributed by atoms with van der Waals surface area (Å²) >= 11 is 0. The van der Waals surface area contributed by atoms with Crippen molar-refractivity contribution in [2.24, 2.45) is 7.05 Å². The number of rotatable bonds is 3. The standard InChI is InChI=1S/C19H15NO4/c1-20-10-17(22)16(21)8-12(20)11-23-13-6-7-19-15(9-13)14-4-2-3-5-18(14)24-19/h2-10,22H,11H2,1H3. The smallest absolute Gasteiger partial charge is 0.223 e. The van der Waals surface area contributed by atoms with Gasteiger partial charge in [0.1, 0.15) is 23.5 Å². The molecule has 0 aliphatic carbocycles. The lowest BCUT2D eigenvalue weighted by Gasteiger charge is -2.10. The van der Waals surface area contributed by atoms with Crippen molar-refractivity contribution in [2.75, 3.05) is 0 Å². The molecule has 0 radical (unpaired) electrons. The van der Waals surface area contributed by atoms with Gasteiger partial charge in [0, 0.05) is 30.1 Å². The SMILES string of the molecule is Cn1cc(O)c(=O)cc1COc1ccc2oc3ccccc3c2c1. The Balaban J connectivity index is 1.66. The third-order valence-corrected chi connectivity index (χ3v) is 4.05. The van der Waals surface area contributed by atoms with Crippen LogP contribution in [0.3, 0.4) is 0 Å². The zero-order chi connectivity index (χ0) is 16.7. The first-order valence-corrected chi connectivity index (χ1v) is 7.54. The molecule has 5 nitrogen and oxygen atoms in total. The van der Waals surface area contributed by atoms with Crippen molar-refractivity contribution in [3.8, 4) is 11.5 Å². The second-order valence-electron chi connectivity index (χ2n) is 5.67. The van der Waals surface area contributed by atoms with E-state index in [1.807, 2.05) is 42.5 Å². The van der Waals surface area contributed by atoms with Crippen LogP contribution in [0.25, 0.3) is 21.9 Å². The van der Waals surface area contributed by atoms with Crippen LogP contribution >= 0.6 is 0 Å². The molecule has 24 heavy (non-hydrogen) atoms. The number of aryl methyl sites for hydroxylation is 1. The van der Waals surface area contributed by atoms with Crippen LogP contribution in [0.15, 0.2) is 63.9 Å². The van der Waals surface area contributed by atoms with Gasteiger partial charge in [-0.2, -0.15) is 0 Å². The van der Waals surface area contributed by atoms with E-state index in [-0.39, 0.29) is 12.4 Å². The number of hydrogen-bond acceptors (Lipinski definition) is 4. The Bertz CT molecular complexity index is 1110. The summed E-state index contributed by atoms with van der Waals surface area (Å²) < 4.78 is 13.3. The Morgan fingerprint density at radius 3 is 2.75 bits per heavy atom. The van der Waals surface area contributed by atoms with E-state index < -0.39 is 5.43 Å². The Kier molecular flexibility index (Phi) is 3.27. The molecule has 0 aliphatic rings. The van der Waals surface area contributed by atoms with Crippen LogP contribution in [-0.2, 0) is 13.7 Å². The van der Waals surface area contributed by atoms with Gasteiger partial charge < -0.3 is 18.8 Å². The predicted octanol–water partition coefficient (Wildman–Crippen LogP) is 3.57. The summed E-state index contributed by atoms with van der Waals surface area (Å²) in [7, 11) is 1.75. The molecule has 1 N–H and O–H groups in total. The van der Waals surface area contributed by atoms with Gasteiger partial charge in [0.2, 0.25) is 5.43 Å². The average molecular weight is 321 g/mol. The van der Waals surface area contributed by atoms with Crippen LogP contribution < -0.4 is 10.2 Å². The van der Waals surface area contributed by atoms with Crippen LogP contribution in [0.5, 0.6) is 11.5 Å². The maximum atomic E-state index is 11.6. The Morgan fingerprint density at radius 1 is 1.08 bits per heavy atom. The molecule has 0 saturated heterocycles. The Labute approximate surface area is 137 Å². The van der Waals surface area contributed by atoms with Crippen LogP contribution in [0.2, 0.25) is 0 Å². The van der Waals surface area contributed by atoms with E-state index >= 15 is 0 Å². The molecule has 0 aliphatic heterocycles. The summed E-state index contributed by atoms with van der Waals surface area (Å²) in [5, 5.41) is 11.4. The predicted molar refractivity (Wildman–Crippen MR) is 91.4 cm³/mol. The molecule has 2 aromatic carbocycles. The molecular formula is C19H15NO4. The lowest BCUT2D eigenvalue weighted by molar-refractivity contribution is 0.295. The van der Waals surface area contributed by atoms with Gasteiger partial charge in [0.05, 0.1) is 5.69 Å². The number of pyridine rings is 1. The number of fused-ring (bicyclic) bond motifs is 3. The summed E-state index contributed by atoms with van der Waals surface area (Å²) in [4.78, 5) is 11.6. The molecule has 5 heteroatoms. The zero-order valence-electron chi connectivity index (χ0n) is 13.0. The van der Waals surface area contributed by atoms with Crippen molar-refractivity contribution < 1.29 is 14.3 Å². The minimum Gasteiger partial charge on any atom is -0.503 e. The molecule has 0 amide bonds. The first kappa shape index (κ1) is 14.4. The van der Waals surface area contributed by atoms with Gasteiger partial charge in [-0.25, -0.2) is 0 Å². The number of nitrogens with zero attached hydrogens (tertiary/aromatic N) is 1. The largest absolute Gasteiger partial charge is 0.503 e. The quantitative estimate of drug-likeness (QED) is 0.626. The fourth-order valence-electron chi connectivity index (χ4n) is 2.75. The van der Waals surface area contributed by atoms with E-state index in [9.17, 15) is 9.90 Å². The number of aromatic nitrogens is 1. The first-order chi connectivity index (χ1) is 11.6. The van der Waals surface area contributed by atoms with Crippen molar-refractivity contribution >= 4 is 21.9 Å². The minimum atomic E-state index is -0.414. The van der Waals surface area contributed by atoms with Crippen molar-refractivity contribution in [3.63, 3.8) is 0 Å². The average Bonchev–Trinajstić information content (AvgIpc) is 2.95. The van der Waals surface area contributed by atoms with Crippen molar-refractivity contribution in [2.45, 2.75) is 6.61 Å². The molecule has 0 atom stereocenters. The second kappa shape index (κ2) is 5.45. The van der Waals surface area contributed by atoms with Crippen molar-refractivity contribution in [1.82, 2.24) is 4.57 Å². The van der Waals surface area contributed by atoms with Crippen LogP contribution in [0.1, 0.15) is 5.69 Å². The zero-order valence-corrected chi connectivity index (χ0v) is 13.0. The summed E-state index contributed by atoms with van der Waals surface area (Å²) in [6, 6.07) is 14.9. The molecule has 0 saturated carbocycles. The monoisotopic (exact) mass is 321 g/mol. The van der Waals surface area contributed by atoms with E-state index in [1.165, 1.54) is 12.3 Å². The van der Waals surface area contributed by atoms with E-state index in [1.54, 1.807) is 11.6 Å². The highest BCUT2D eigenvalue weighted by Gasteiger charge is 2.08. The van der Waals surface area contributed by atoms with Crippen LogP contribution in [-0.4, -0.2) is 9.67 Å². The van der Waals surface area contributed by atoms with Crippen molar-refractivity contribution in [1.29, 1.82) is 0 Å². The Morgan fingerprint density at radius 2 is 1.88 bits per heavy atom. The van der Waals surface area contributed by atoms with Gasteiger partial charge in [-0.05, 0) is 24.3 Å². The lowest BCUT2D eigenvalue weighted by Crippen LogP contribution is -2.11. The number of para-hydroxylation sites is 1. The minimum absolute atomic E-state index is 0.229. The molecule has 4 aromatic rings. The molecule has 0 bridgehead atoms. The van der Waals surface area contributed by atoms with Gasteiger partial charge in [0.25, 0.3) is 0 Å². The maximum Gasteiger partial charge on any atom is 0.223 e. The summed E-state index contributed by atoms with van der Waals surface area (Å²) in [5.74, 6) is 0.419. The van der Waals surface area contributed by atoms with Gasteiger partial charge in [-0.1, -0.05) is 18.2 Å². The van der Waals surface area contributed by atoms with Crippen LogP contribution in [0, 0.1) is 0 Å². The van der Waals surface area contributed by atoms with E-state index in [0.29, 0.717) is 11.4 Å². The number of benzene rings is 2. The highest BCUT2D eigenvalue weighted by atomic mass is 16.5. The van der Waals surface area contributed by atoms with Gasteiger partial charge >= 0.3 is 0 Å². The summed E-state index contributed by atoms with van der Waals surface area (Å²) in [6.07, 6.45) is 1.38. The van der Waals surface area contributed by atoms with Gasteiger partial charge in [0.15, 0.2) is 5.75 Å². The Hall–Kier alpha value is -3.21.